The van der Waals surface area contributed by atoms with Gasteiger partial charge < -0.3 is 9.80 Å². The first-order valence-electron chi connectivity index (χ1n) is 12.3. The quantitative estimate of drug-likeness (QED) is 0.496. The van der Waals surface area contributed by atoms with Gasteiger partial charge in [0.25, 0.3) is 5.91 Å². The fourth-order valence-electron chi connectivity index (χ4n) is 5.25. The molecule has 6 nitrogen and oxygen atoms in total. The van der Waals surface area contributed by atoms with Crippen molar-refractivity contribution in [2.75, 3.05) is 26.2 Å². The molecule has 1 amide bonds. The number of alkyl halides is 3. The Morgan fingerprint density at radius 1 is 0.972 bits per heavy atom. The molecule has 0 N–H and O–H groups in total. The van der Waals surface area contributed by atoms with Gasteiger partial charge in [-0.15, -0.1) is 0 Å². The lowest BCUT2D eigenvalue weighted by molar-refractivity contribution is -0.137. The van der Waals surface area contributed by atoms with Crippen molar-refractivity contribution in [3.05, 3.63) is 65.9 Å². The van der Waals surface area contributed by atoms with Crippen LogP contribution in [0.3, 0.4) is 0 Å². The summed E-state index contributed by atoms with van der Waals surface area (Å²) in [5.74, 6) is -0.152. The molecule has 9 heteroatoms. The van der Waals surface area contributed by atoms with Crippen LogP contribution in [0.15, 0.2) is 49.1 Å². The van der Waals surface area contributed by atoms with Crippen LogP contribution in [0.1, 0.15) is 47.3 Å². The third-order valence-corrected chi connectivity index (χ3v) is 7.16. The summed E-state index contributed by atoms with van der Waals surface area (Å²) < 4.78 is 40.2. The van der Waals surface area contributed by atoms with Gasteiger partial charge in [0.15, 0.2) is 0 Å². The van der Waals surface area contributed by atoms with Crippen molar-refractivity contribution >= 4 is 5.91 Å². The highest BCUT2D eigenvalue weighted by Crippen LogP contribution is 2.36. The summed E-state index contributed by atoms with van der Waals surface area (Å²) in [6, 6.07) is 7.40. The second-order valence-corrected chi connectivity index (χ2v) is 9.52. The molecule has 0 aliphatic carbocycles. The molecule has 5 rings (SSSR count). The number of hydrogen-bond donors (Lipinski definition) is 0. The molecule has 2 aromatic heterocycles. The number of benzene rings is 1. The summed E-state index contributed by atoms with van der Waals surface area (Å²) in [5.41, 5.74) is 1.97. The highest BCUT2D eigenvalue weighted by molar-refractivity contribution is 5.96. The standard InChI is InChI=1S/C27H28F3N5O/c1-18-13-23(19-5-4-6-21(14-19)27(28,29)30)25(20-15-31-17-32-16-20)33-24(18)26(36)35-11-7-22(8-12-35)34-9-2-3-10-34/h4-6,13-17,22H,2-3,7-12H2,1H3. The molecule has 0 unspecified atom stereocenters. The summed E-state index contributed by atoms with van der Waals surface area (Å²) in [6.07, 6.45) is 4.37. The van der Waals surface area contributed by atoms with Crippen LogP contribution < -0.4 is 0 Å². The van der Waals surface area contributed by atoms with Crippen LogP contribution in [-0.2, 0) is 6.18 Å². The fourth-order valence-corrected chi connectivity index (χ4v) is 5.25. The van der Waals surface area contributed by atoms with Crippen LogP contribution in [0.5, 0.6) is 0 Å². The number of aryl methyl sites for hydroxylation is 1. The van der Waals surface area contributed by atoms with Gasteiger partial charge in [-0.05, 0) is 75.0 Å². The van der Waals surface area contributed by atoms with Gasteiger partial charge in [-0.3, -0.25) is 4.79 Å². The summed E-state index contributed by atoms with van der Waals surface area (Å²) >= 11 is 0. The van der Waals surface area contributed by atoms with Crippen molar-refractivity contribution < 1.29 is 18.0 Å². The molecule has 188 valence electrons. The monoisotopic (exact) mass is 495 g/mol. The van der Waals surface area contributed by atoms with E-state index in [2.05, 4.69) is 14.9 Å². The number of hydrogen-bond acceptors (Lipinski definition) is 5. The maximum atomic E-state index is 13.5. The van der Waals surface area contributed by atoms with Gasteiger partial charge in [-0.2, -0.15) is 13.2 Å². The molecule has 0 spiro atoms. The van der Waals surface area contributed by atoms with E-state index in [1.807, 2.05) is 4.90 Å². The van der Waals surface area contributed by atoms with E-state index in [4.69, 9.17) is 4.98 Å². The zero-order valence-electron chi connectivity index (χ0n) is 20.1. The topological polar surface area (TPSA) is 62.2 Å². The van der Waals surface area contributed by atoms with E-state index >= 15 is 0 Å². The largest absolute Gasteiger partial charge is 0.416 e. The van der Waals surface area contributed by atoms with E-state index in [0.717, 1.165) is 38.1 Å². The molecule has 0 bridgehead atoms. The molecule has 0 radical (unpaired) electrons. The van der Waals surface area contributed by atoms with Crippen LogP contribution in [0, 0.1) is 6.92 Å². The first-order valence-corrected chi connectivity index (χ1v) is 12.3. The van der Waals surface area contributed by atoms with Gasteiger partial charge in [-0.1, -0.05) is 12.1 Å². The Morgan fingerprint density at radius 2 is 1.67 bits per heavy atom. The molecule has 1 aromatic carbocycles. The second-order valence-electron chi connectivity index (χ2n) is 9.52. The number of piperidine rings is 1. The third-order valence-electron chi connectivity index (χ3n) is 7.16. The summed E-state index contributed by atoms with van der Waals surface area (Å²) in [4.78, 5) is 30.7. The smallest absolute Gasteiger partial charge is 0.337 e. The summed E-state index contributed by atoms with van der Waals surface area (Å²) in [7, 11) is 0. The van der Waals surface area contributed by atoms with Gasteiger partial charge in [0, 0.05) is 42.7 Å². The number of nitrogens with zero attached hydrogens (tertiary/aromatic N) is 5. The Morgan fingerprint density at radius 3 is 2.33 bits per heavy atom. The van der Waals surface area contributed by atoms with Crippen molar-refractivity contribution in [1.29, 1.82) is 0 Å². The molecule has 3 aromatic rings. The fraction of sp³-hybridized carbons (Fsp3) is 0.407. The van der Waals surface area contributed by atoms with Crippen LogP contribution in [-0.4, -0.2) is 62.9 Å². The number of carbonyl (C=O) groups is 1. The zero-order chi connectivity index (χ0) is 25.3. The number of aromatic nitrogens is 3. The van der Waals surface area contributed by atoms with Crippen LogP contribution in [0.2, 0.25) is 0 Å². The molecule has 0 saturated carbocycles. The van der Waals surface area contributed by atoms with Crippen LogP contribution in [0.25, 0.3) is 22.4 Å². The maximum absolute atomic E-state index is 13.5. The van der Waals surface area contributed by atoms with E-state index < -0.39 is 11.7 Å². The zero-order valence-corrected chi connectivity index (χ0v) is 20.1. The minimum Gasteiger partial charge on any atom is -0.337 e. The van der Waals surface area contributed by atoms with E-state index in [0.29, 0.717) is 52.8 Å². The van der Waals surface area contributed by atoms with Crippen LogP contribution in [0.4, 0.5) is 13.2 Å². The predicted octanol–water partition coefficient (Wildman–Crippen LogP) is 5.23. The molecule has 4 heterocycles. The second kappa shape index (κ2) is 9.97. The molecule has 36 heavy (non-hydrogen) atoms. The normalized spacial score (nSPS) is 17.5. The van der Waals surface area contributed by atoms with E-state index in [-0.39, 0.29) is 5.91 Å². The highest BCUT2D eigenvalue weighted by atomic mass is 19.4. The molecular weight excluding hydrogens is 467 g/mol. The van der Waals surface area contributed by atoms with Gasteiger partial charge in [0.2, 0.25) is 0 Å². The van der Waals surface area contributed by atoms with Gasteiger partial charge in [-0.25, -0.2) is 15.0 Å². The maximum Gasteiger partial charge on any atom is 0.416 e. The van der Waals surface area contributed by atoms with Crippen molar-refractivity contribution in [3.8, 4) is 22.4 Å². The van der Waals surface area contributed by atoms with Gasteiger partial charge in [0.05, 0.1) is 11.3 Å². The van der Waals surface area contributed by atoms with Crippen LogP contribution >= 0.6 is 0 Å². The summed E-state index contributed by atoms with van der Waals surface area (Å²) in [6.45, 7) is 5.39. The van der Waals surface area contributed by atoms with Crippen molar-refractivity contribution in [2.45, 2.75) is 44.8 Å². The Kier molecular flexibility index (Phi) is 6.75. The van der Waals surface area contributed by atoms with Gasteiger partial charge >= 0.3 is 6.18 Å². The average Bonchev–Trinajstić information content (AvgIpc) is 3.43. The minimum absolute atomic E-state index is 0.152. The van der Waals surface area contributed by atoms with Crippen molar-refractivity contribution in [1.82, 2.24) is 24.8 Å². The Bertz CT molecular complexity index is 1230. The minimum atomic E-state index is -4.47. The van der Waals surface area contributed by atoms with Crippen molar-refractivity contribution in [2.24, 2.45) is 0 Å². The third kappa shape index (κ3) is 4.97. The Hall–Kier alpha value is -3.33. The molecular formula is C27H28F3N5O. The molecule has 2 aliphatic rings. The first kappa shape index (κ1) is 24.4. The van der Waals surface area contributed by atoms with Gasteiger partial charge in [0.1, 0.15) is 12.0 Å². The molecule has 2 aliphatic heterocycles. The number of halogens is 3. The number of likely N-dealkylation sites (tertiary alicyclic amines) is 2. The predicted molar refractivity (Wildman–Crippen MR) is 130 cm³/mol. The number of carbonyl (C=O) groups excluding carboxylic acids is 1. The van der Waals surface area contributed by atoms with E-state index in [1.54, 1.807) is 31.5 Å². The summed E-state index contributed by atoms with van der Waals surface area (Å²) in [5, 5.41) is 0. The van der Waals surface area contributed by atoms with E-state index in [1.165, 1.54) is 25.2 Å². The number of pyridine rings is 1. The Balaban J connectivity index is 1.48. The Labute approximate surface area is 208 Å². The lowest BCUT2D eigenvalue weighted by atomic mass is 9.96. The molecule has 0 atom stereocenters. The molecule has 2 fully saturated rings. The SMILES string of the molecule is Cc1cc(-c2cccc(C(F)(F)F)c2)c(-c2cncnc2)nc1C(=O)N1CCC(N2CCCC2)CC1. The van der Waals surface area contributed by atoms with Crippen molar-refractivity contribution in [3.63, 3.8) is 0 Å². The lowest BCUT2D eigenvalue weighted by Gasteiger charge is -2.36. The highest BCUT2D eigenvalue weighted by Gasteiger charge is 2.32. The lowest BCUT2D eigenvalue weighted by Crippen LogP contribution is -2.46. The average molecular weight is 496 g/mol. The number of rotatable bonds is 4. The van der Waals surface area contributed by atoms with E-state index in [9.17, 15) is 18.0 Å². The molecule has 2 saturated heterocycles. The first-order chi connectivity index (χ1) is 17.3. The number of amides is 1.